The predicted molar refractivity (Wildman–Crippen MR) is 133 cm³/mol. The van der Waals surface area contributed by atoms with Crippen LogP contribution in [0.15, 0.2) is 70.2 Å². The number of para-hydroxylation sites is 1. The first-order valence-electron chi connectivity index (χ1n) is 10.7. The molecule has 0 fully saturated rings. The van der Waals surface area contributed by atoms with Crippen molar-refractivity contribution in [1.82, 2.24) is 4.98 Å². The molecule has 0 spiro atoms. The number of amides is 1. The van der Waals surface area contributed by atoms with Gasteiger partial charge in [-0.05, 0) is 61.9 Å². The van der Waals surface area contributed by atoms with Gasteiger partial charge >= 0.3 is 0 Å². The Morgan fingerprint density at radius 2 is 1.94 bits per heavy atom. The molecule has 2 heterocycles. The van der Waals surface area contributed by atoms with E-state index in [1.54, 1.807) is 18.4 Å². The fourth-order valence-corrected chi connectivity index (χ4v) is 5.86. The average molecular weight is 519 g/mol. The van der Waals surface area contributed by atoms with E-state index in [0.717, 1.165) is 4.70 Å². The third kappa shape index (κ3) is 5.60. The molecule has 0 aliphatic carbocycles. The highest BCUT2D eigenvalue weighted by molar-refractivity contribution is 7.91. The summed E-state index contributed by atoms with van der Waals surface area (Å²) in [5, 5.41) is 0.968. The minimum absolute atomic E-state index is 0.0434. The number of aromatic nitrogens is 1. The number of benzene rings is 2. The van der Waals surface area contributed by atoms with E-state index in [0.29, 0.717) is 33.8 Å². The van der Waals surface area contributed by atoms with Crippen LogP contribution in [0.1, 0.15) is 25.5 Å². The summed E-state index contributed by atoms with van der Waals surface area (Å²) in [6.07, 6.45) is 1.76. The highest BCUT2D eigenvalue weighted by Crippen LogP contribution is 2.35. The molecule has 0 aliphatic rings. The quantitative estimate of drug-likeness (QED) is 0.266. The molecule has 2 aromatic carbocycles. The predicted octanol–water partition coefficient (Wildman–Crippen LogP) is 5.73. The number of carbonyl (C=O) groups excluding carboxylic acids is 1. The smallest absolute Gasteiger partial charge is 0.229 e. The van der Waals surface area contributed by atoms with E-state index < -0.39 is 9.84 Å². The van der Waals surface area contributed by atoms with E-state index in [-0.39, 0.29) is 35.9 Å². The van der Waals surface area contributed by atoms with Crippen molar-refractivity contribution in [2.45, 2.75) is 31.2 Å². The standard InChI is InChI=1S/C24H23ClN2O5S2/c1-2-31-20-7-3-8-21-23(20)26-24(33-21)27(16-18-6-4-14-32-18)22(28)9-5-15-34(29,30)19-12-10-17(25)11-13-19/h3-4,6-8,10-14H,2,5,9,15-16H2,1H3. The number of ether oxygens (including phenoxy) is 1. The molecule has 1 amide bonds. The minimum atomic E-state index is -3.52. The van der Waals surface area contributed by atoms with Gasteiger partial charge in [-0.25, -0.2) is 13.4 Å². The maximum Gasteiger partial charge on any atom is 0.229 e. The molecule has 2 aromatic heterocycles. The lowest BCUT2D eigenvalue weighted by molar-refractivity contribution is -0.118. The van der Waals surface area contributed by atoms with E-state index in [9.17, 15) is 13.2 Å². The maximum absolute atomic E-state index is 13.2. The lowest BCUT2D eigenvalue weighted by Crippen LogP contribution is -2.30. The van der Waals surface area contributed by atoms with Gasteiger partial charge in [0.1, 0.15) is 17.0 Å². The summed E-state index contributed by atoms with van der Waals surface area (Å²) < 4.78 is 37.3. The van der Waals surface area contributed by atoms with Gasteiger partial charge in [-0.2, -0.15) is 0 Å². The first-order chi connectivity index (χ1) is 16.4. The van der Waals surface area contributed by atoms with E-state index >= 15 is 0 Å². The van der Waals surface area contributed by atoms with Crippen LogP contribution in [0.5, 0.6) is 5.75 Å². The van der Waals surface area contributed by atoms with Crippen LogP contribution in [-0.2, 0) is 21.2 Å². The zero-order valence-electron chi connectivity index (χ0n) is 18.4. The number of thiazole rings is 1. The number of rotatable bonds is 10. The second-order valence-electron chi connectivity index (χ2n) is 7.47. The van der Waals surface area contributed by atoms with Crippen LogP contribution < -0.4 is 9.64 Å². The number of hydrogen-bond donors (Lipinski definition) is 0. The summed E-state index contributed by atoms with van der Waals surface area (Å²) in [6.45, 7) is 2.60. The van der Waals surface area contributed by atoms with Crippen molar-refractivity contribution in [3.05, 3.63) is 71.6 Å². The highest BCUT2D eigenvalue weighted by atomic mass is 35.5. The van der Waals surface area contributed by atoms with Crippen LogP contribution in [0.3, 0.4) is 0 Å². The number of anilines is 1. The molecule has 0 saturated carbocycles. The fraction of sp³-hybridized carbons (Fsp3) is 0.250. The van der Waals surface area contributed by atoms with Gasteiger partial charge in [0.05, 0.1) is 34.8 Å². The number of furan rings is 1. The summed E-state index contributed by atoms with van der Waals surface area (Å²) in [4.78, 5) is 19.6. The summed E-state index contributed by atoms with van der Waals surface area (Å²) in [7, 11) is -3.52. The number of nitrogens with zero attached hydrogens (tertiary/aromatic N) is 2. The Morgan fingerprint density at radius 3 is 2.65 bits per heavy atom. The molecule has 4 aromatic rings. The number of fused-ring (bicyclic) bond motifs is 1. The lowest BCUT2D eigenvalue weighted by atomic mass is 10.3. The highest BCUT2D eigenvalue weighted by Gasteiger charge is 2.23. The second-order valence-corrected chi connectivity index (χ2v) is 11.0. The monoisotopic (exact) mass is 518 g/mol. The number of sulfone groups is 1. The number of carbonyl (C=O) groups is 1. The van der Waals surface area contributed by atoms with Gasteiger partial charge in [0, 0.05) is 11.4 Å². The summed E-state index contributed by atoms with van der Waals surface area (Å²) in [5.74, 6) is 0.872. The molecule has 0 saturated heterocycles. The zero-order valence-corrected chi connectivity index (χ0v) is 20.8. The molecule has 0 unspecified atom stereocenters. The van der Waals surface area contributed by atoms with Gasteiger partial charge < -0.3 is 9.15 Å². The molecule has 4 rings (SSSR count). The van der Waals surface area contributed by atoms with Crippen LogP contribution in [0, 0.1) is 0 Å². The Hall–Kier alpha value is -2.88. The van der Waals surface area contributed by atoms with Crippen LogP contribution >= 0.6 is 22.9 Å². The topological polar surface area (TPSA) is 89.7 Å². The number of hydrogen-bond acceptors (Lipinski definition) is 7. The lowest BCUT2D eigenvalue weighted by Gasteiger charge is -2.18. The summed E-state index contributed by atoms with van der Waals surface area (Å²) >= 11 is 7.22. The molecule has 10 heteroatoms. The zero-order chi connectivity index (χ0) is 24.1. The summed E-state index contributed by atoms with van der Waals surface area (Å²) in [6, 6.07) is 15.2. The molecule has 0 bridgehead atoms. The van der Waals surface area contributed by atoms with E-state index in [1.807, 2.05) is 25.1 Å². The molecule has 7 nitrogen and oxygen atoms in total. The number of halogens is 1. The molecule has 178 valence electrons. The van der Waals surface area contributed by atoms with Crippen LogP contribution in [0.4, 0.5) is 5.13 Å². The Kier molecular flexibility index (Phi) is 7.55. The van der Waals surface area contributed by atoms with Crippen molar-refractivity contribution in [3.8, 4) is 5.75 Å². The minimum Gasteiger partial charge on any atom is -0.492 e. The molecular weight excluding hydrogens is 496 g/mol. The van der Waals surface area contributed by atoms with E-state index in [1.165, 1.54) is 40.5 Å². The van der Waals surface area contributed by atoms with Crippen molar-refractivity contribution < 1.29 is 22.4 Å². The van der Waals surface area contributed by atoms with Crippen molar-refractivity contribution >= 4 is 54.0 Å². The first kappa shape index (κ1) is 24.3. The average Bonchev–Trinajstić information content (AvgIpc) is 3.48. The van der Waals surface area contributed by atoms with Crippen molar-refractivity contribution in [2.24, 2.45) is 0 Å². The molecule has 34 heavy (non-hydrogen) atoms. The molecule has 0 radical (unpaired) electrons. The van der Waals surface area contributed by atoms with Crippen LogP contribution in [-0.4, -0.2) is 31.7 Å². The van der Waals surface area contributed by atoms with Crippen LogP contribution in [0.25, 0.3) is 10.2 Å². The van der Waals surface area contributed by atoms with Gasteiger partial charge in [0.15, 0.2) is 15.0 Å². The second kappa shape index (κ2) is 10.6. The molecule has 0 N–H and O–H groups in total. The van der Waals surface area contributed by atoms with E-state index in [2.05, 4.69) is 4.98 Å². The van der Waals surface area contributed by atoms with Crippen molar-refractivity contribution in [1.29, 1.82) is 0 Å². The largest absolute Gasteiger partial charge is 0.492 e. The van der Waals surface area contributed by atoms with Gasteiger partial charge in [-0.15, -0.1) is 0 Å². The van der Waals surface area contributed by atoms with Crippen LogP contribution in [0.2, 0.25) is 5.02 Å². The Balaban J connectivity index is 1.53. The van der Waals surface area contributed by atoms with Gasteiger partial charge in [-0.1, -0.05) is 29.0 Å². The van der Waals surface area contributed by atoms with Crippen molar-refractivity contribution in [3.63, 3.8) is 0 Å². The van der Waals surface area contributed by atoms with Gasteiger partial charge in [0.2, 0.25) is 5.91 Å². The van der Waals surface area contributed by atoms with Gasteiger partial charge in [0.25, 0.3) is 0 Å². The first-order valence-corrected chi connectivity index (χ1v) is 13.6. The fourth-order valence-electron chi connectivity index (χ4n) is 3.43. The van der Waals surface area contributed by atoms with E-state index in [4.69, 9.17) is 20.8 Å². The third-order valence-electron chi connectivity index (χ3n) is 5.07. The van der Waals surface area contributed by atoms with Crippen molar-refractivity contribution in [2.75, 3.05) is 17.3 Å². The normalized spacial score (nSPS) is 11.6. The molecule has 0 atom stereocenters. The SMILES string of the molecule is CCOc1cccc2sc(N(Cc3ccco3)C(=O)CCCS(=O)(=O)c3ccc(Cl)cc3)nc12. The summed E-state index contributed by atoms with van der Waals surface area (Å²) in [5.41, 5.74) is 0.687. The Bertz CT molecular complexity index is 1370. The maximum atomic E-state index is 13.2. The Morgan fingerprint density at radius 1 is 1.15 bits per heavy atom. The molecular formula is C24H23ClN2O5S2. The third-order valence-corrected chi connectivity index (χ3v) is 8.19. The van der Waals surface area contributed by atoms with Gasteiger partial charge in [-0.3, -0.25) is 9.69 Å². The molecule has 0 aliphatic heterocycles. The Labute approximate surface area is 206 Å².